The molecule has 1 aromatic carbocycles. The van der Waals surface area contributed by atoms with Gasteiger partial charge in [-0.2, -0.15) is 0 Å². The molecule has 0 saturated carbocycles. The highest BCUT2D eigenvalue weighted by molar-refractivity contribution is 9.10. The highest BCUT2D eigenvalue weighted by Crippen LogP contribution is 2.41. The Balaban J connectivity index is 2.41. The summed E-state index contributed by atoms with van der Waals surface area (Å²) in [5, 5.41) is 3.51. The quantitative estimate of drug-likeness (QED) is 0.558. The van der Waals surface area contributed by atoms with Crippen molar-refractivity contribution in [1.29, 1.82) is 0 Å². The van der Waals surface area contributed by atoms with E-state index in [4.69, 9.17) is 11.6 Å². The summed E-state index contributed by atoms with van der Waals surface area (Å²) in [4.78, 5) is 8.52. The number of aromatic nitrogens is 2. The van der Waals surface area contributed by atoms with Crippen LogP contribution in [0.4, 0.5) is 19.0 Å². The van der Waals surface area contributed by atoms with Crippen molar-refractivity contribution in [2.75, 3.05) is 5.32 Å². The molecule has 0 radical (unpaired) electrons. The molecule has 3 rings (SSSR count). The Kier molecular flexibility index (Phi) is 4.88. The second-order valence-electron chi connectivity index (χ2n) is 5.72. The number of nitrogens with one attached hydrogen (secondary N) is 1. The summed E-state index contributed by atoms with van der Waals surface area (Å²) < 4.78 is 42.6. The molecule has 25 heavy (non-hydrogen) atoms. The first-order chi connectivity index (χ1) is 11.8. The van der Waals surface area contributed by atoms with Gasteiger partial charge in [0.2, 0.25) is 0 Å². The Labute approximate surface area is 155 Å². The van der Waals surface area contributed by atoms with Gasteiger partial charge in [-0.25, -0.2) is 23.1 Å². The largest absolute Gasteiger partial charge is 0.367 e. The maximum atomic E-state index is 14.4. The van der Waals surface area contributed by atoms with Crippen LogP contribution in [0.15, 0.2) is 28.9 Å². The predicted molar refractivity (Wildman–Crippen MR) is 96.3 cm³/mol. The zero-order valence-corrected chi connectivity index (χ0v) is 15.5. The van der Waals surface area contributed by atoms with Crippen molar-refractivity contribution < 1.29 is 13.2 Å². The van der Waals surface area contributed by atoms with Gasteiger partial charge in [0.05, 0.1) is 10.6 Å². The minimum absolute atomic E-state index is 0.0257. The van der Waals surface area contributed by atoms with Crippen LogP contribution < -0.4 is 5.32 Å². The minimum atomic E-state index is -1.06. The number of benzene rings is 1. The first-order valence-electron chi connectivity index (χ1n) is 7.34. The maximum absolute atomic E-state index is 14.4. The van der Waals surface area contributed by atoms with E-state index >= 15 is 0 Å². The summed E-state index contributed by atoms with van der Waals surface area (Å²) in [5.74, 6) is -2.95. The monoisotopic (exact) mass is 429 g/mol. The molecular weight excluding hydrogens is 419 g/mol. The van der Waals surface area contributed by atoms with Gasteiger partial charge in [0, 0.05) is 39.8 Å². The van der Waals surface area contributed by atoms with Gasteiger partial charge in [-0.3, -0.25) is 0 Å². The van der Waals surface area contributed by atoms with Crippen molar-refractivity contribution in [2.45, 2.75) is 19.9 Å². The zero-order valence-electron chi connectivity index (χ0n) is 13.2. The van der Waals surface area contributed by atoms with Crippen molar-refractivity contribution in [2.24, 2.45) is 0 Å². The number of hydrogen-bond acceptors (Lipinski definition) is 3. The van der Waals surface area contributed by atoms with Gasteiger partial charge >= 0.3 is 0 Å². The summed E-state index contributed by atoms with van der Waals surface area (Å²) in [6, 6.07) is 2.79. The molecule has 0 aliphatic heterocycles. The van der Waals surface area contributed by atoms with E-state index in [9.17, 15) is 13.2 Å². The van der Waals surface area contributed by atoms with Crippen molar-refractivity contribution in [3.05, 3.63) is 51.3 Å². The van der Waals surface area contributed by atoms with Crippen molar-refractivity contribution in [1.82, 2.24) is 9.97 Å². The normalized spacial score (nSPS) is 11.4. The number of hydrogen-bond donors (Lipinski definition) is 1. The number of pyridine rings is 2. The molecule has 0 atom stereocenters. The number of anilines is 1. The van der Waals surface area contributed by atoms with E-state index in [0.717, 1.165) is 0 Å². The summed E-state index contributed by atoms with van der Waals surface area (Å²) in [7, 11) is 0. The third-order valence-corrected chi connectivity index (χ3v) is 4.25. The summed E-state index contributed by atoms with van der Waals surface area (Å²) in [6.45, 7) is 3.69. The van der Waals surface area contributed by atoms with Crippen LogP contribution in [0.25, 0.3) is 22.2 Å². The van der Waals surface area contributed by atoms with E-state index in [0.29, 0.717) is 27.6 Å². The van der Waals surface area contributed by atoms with Crippen LogP contribution >= 0.6 is 27.5 Å². The molecule has 3 aromatic rings. The Hall–Kier alpha value is -1.86. The lowest BCUT2D eigenvalue weighted by atomic mass is 10.0. The van der Waals surface area contributed by atoms with Crippen LogP contribution in [0.2, 0.25) is 5.02 Å². The molecule has 0 spiro atoms. The van der Waals surface area contributed by atoms with Gasteiger partial charge in [-0.05, 0) is 35.8 Å². The molecule has 0 unspecified atom stereocenters. The van der Waals surface area contributed by atoms with Crippen LogP contribution in [0.3, 0.4) is 0 Å². The van der Waals surface area contributed by atoms with Crippen molar-refractivity contribution >= 4 is 44.4 Å². The number of halogens is 5. The smallest absolute Gasteiger partial charge is 0.163 e. The maximum Gasteiger partial charge on any atom is 0.163 e. The lowest BCUT2D eigenvalue weighted by molar-refractivity contribution is 0.548. The van der Waals surface area contributed by atoms with E-state index < -0.39 is 23.0 Å². The SMILES string of the molecule is CC(C)Nc1nc2ncc(Br)cc2c(Cl)c1-c1c(F)cc(F)cc1F. The molecule has 0 saturated heterocycles. The lowest BCUT2D eigenvalue weighted by Crippen LogP contribution is -2.13. The van der Waals surface area contributed by atoms with E-state index in [-0.39, 0.29) is 22.4 Å². The Morgan fingerprint density at radius 2 is 1.72 bits per heavy atom. The van der Waals surface area contributed by atoms with Crippen LogP contribution in [-0.2, 0) is 0 Å². The van der Waals surface area contributed by atoms with Crippen LogP contribution in [-0.4, -0.2) is 16.0 Å². The first kappa shape index (κ1) is 17.9. The van der Waals surface area contributed by atoms with E-state index in [1.165, 1.54) is 0 Å². The van der Waals surface area contributed by atoms with Crippen LogP contribution in [0.5, 0.6) is 0 Å². The molecule has 0 aliphatic carbocycles. The average Bonchev–Trinajstić information content (AvgIpc) is 2.49. The van der Waals surface area contributed by atoms with Crippen molar-refractivity contribution in [3.63, 3.8) is 0 Å². The van der Waals surface area contributed by atoms with Crippen molar-refractivity contribution in [3.8, 4) is 11.1 Å². The third-order valence-electron chi connectivity index (χ3n) is 3.43. The minimum Gasteiger partial charge on any atom is -0.367 e. The van der Waals surface area contributed by atoms with Crippen LogP contribution in [0, 0.1) is 17.5 Å². The second kappa shape index (κ2) is 6.80. The van der Waals surface area contributed by atoms with Gasteiger partial charge in [0.1, 0.15) is 23.3 Å². The van der Waals surface area contributed by atoms with Gasteiger partial charge in [0.25, 0.3) is 0 Å². The molecule has 0 amide bonds. The standard InChI is InChI=1S/C17H12BrClF3N3/c1-7(2)24-17-14(13-11(21)4-9(20)5-12(13)22)15(19)10-3-8(18)6-23-16(10)25-17/h3-7H,1-2H3,(H,23,24,25). The lowest BCUT2D eigenvalue weighted by Gasteiger charge is -2.18. The topological polar surface area (TPSA) is 37.8 Å². The summed E-state index contributed by atoms with van der Waals surface area (Å²) in [6.07, 6.45) is 1.55. The molecule has 0 fully saturated rings. The average molecular weight is 431 g/mol. The van der Waals surface area contributed by atoms with E-state index in [1.54, 1.807) is 12.3 Å². The Morgan fingerprint density at radius 1 is 1.08 bits per heavy atom. The fraction of sp³-hybridized carbons (Fsp3) is 0.176. The molecule has 2 aromatic heterocycles. The molecule has 8 heteroatoms. The van der Waals surface area contributed by atoms with Gasteiger partial charge in [-0.15, -0.1) is 0 Å². The fourth-order valence-electron chi connectivity index (χ4n) is 2.47. The fourth-order valence-corrected chi connectivity index (χ4v) is 3.12. The molecular formula is C17H12BrClF3N3. The third kappa shape index (κ3) is 3.43. The predicted octanol–water partition coefficient (Wildman–Crippen LogP) is 5.95. The van der Waals surface area contributed by atoms with Gasteiger partial charge in [-0.1, -0.05) is 11.6 Å². The molecule has 130 valence electrons. The Bertz CT molecular complexity index is 956. The highest BCUT2D eigenvalue weighted by atomic mass is 79.9. The van der Waals surface area contributed by atoms with E-state index in [1.807, 2.05) is 13.8 Å². The number of rotatable bonds is 3. The Morgan fingerprint density at radius 3 is 2.32 bits per heavy atom. The van der Waals surface area contributed by atoms with E-state index in [2.05, 4.69) is 31.2 Å². The van der Waals surface area contributed by atoms with Crippen LogP contribution in [0.1, 0.15) is 13.8 Å². The second-order valence-corrected chi connectivity index (χ2v) is 7.01. The van der Waals surface area contributed by atoms with Gasteiger partial charge in [0.15, 0.2) is 5.65 Å². The molecule has 3 nitrogen and oxygen atoms in total. The number of nitrogens with zero attached hydrogens (tertiary/aromatic N) is 2. The molecule has 0 bridgehead atoms. The van der Waals surface area contributed by atoms with Gasteiger partial charge < -0.3 is 5.32 Å². The molecule has 0 aliphatic rings. The number of fused-ring (bicyclic) bond motifs is 1. The summed E-state index contributed by atoms with van der Waals surface area (Å²) in [5.41, 5.74) is -0.0929. The highest BCUT2D eigenvalue weighted by Gasteiger charge is 2.23. The molecule has 1 N–H and O–H groups in total. The zero-order chi connectivity index (χ0) is 18.3. The first-order valence-corrected chi connectivity index (χ1v) is 8.51. The molecule has 2 heterocycles. The summed E-state index contributed by atoms with van der Waals surface area (Å²) >= 11 is 9.73.